The summed E-state index contributed by atoms with van der Waals surface area (Å²) in [6.45, 7) is 0. The van der Waals surface area contributed by atoms with Gasteiger partial charge in [0.1, 0.15) is 0 Å². The van der Waals surface area contributed by atoms with E-state index in [0.29, 0.717) is 0 Å². The Morgan fingerprint density at radius 1 is 0.548 bits per heavy atom. The van der Waals surface area contributed by atoms with Crippen molar-refractivity contribution in [1.29, 1.82) is 0 Å². The molecule has 0 saturated carbocycles. The van der Waals surface area contributed by atoms with Gasteiger partial charge in [0, 0.05) is 22.1 Å². The van der Waals surface area contributed by atoms with Crippen LogP contribution in [0.2, 0.25) is 0 Å². The van der Waals surface area contributed by atoms with Gasteiger partial charge in [-0.25, -0.2) is 9.97 Å². The monoisotopic (exact) mass is 443 g/mol. The van der Waals surface area contributed by atoms with E-state index in [-0.39, 0.29) is 0 Å². The minimum absolute atomic E-state index is 0.884. The fourth-order valence-corrected chi connectivity index (χ4v) is 3.49. The molecule has 0 fully saturated rings. The molecular weight excluding hydrogens is 425 g/mol. The first-order valence-corrected chi connectivity index (χ1v) is 10.4. The molecule has 2 aliphatic rings. The van der Waals surface area contributed by atoms with Crippen LogP contribution in [0.5, 0.6) is 0 Å². The molecule has 2 N–H and O–H groups in total. The van der Waals surface area contributed by atoms with Crippen LogP contribution in [0.15, 0.2) is 72.9 Å². The quantitative estimate of drug-likeness (QED) is 0.328. The average Bonchev–Trinajstić information content (AvgIpc) is 3.55. The third-order valence-electron chi connectivity index (χ3n) is 4.67. The van der Waals surface area contributed by atoms with Gasteiger partial charge in [0.2, 0.25) is 0 Å². The van der Waals surface area contributed by atoms with Crippen molar-refractivity contribution in [3.8, 4) is 0 Å². The van der Waals surface area contributed by atoms with Crippen LogP contribution in [-0.2, 0) is 16.0 Å². The van der Waals surface area contributed by atoms with Gasteiger partial charge < -0.3 is 9.97 Å². The van der Waals surface area contributed by atoms with Gasteiger partial charge >= 0.3 is 50.0 Å². The van der Waals surface area contributed by atoms with Crippen molar-refractivity contribution >= 4 is 51.0 Å². The predicted octanol–water partition coefficient (Wildman–Crippen LogP) is 4.91. The molecule has 150 valence electrons. The van der Waals surface area contributed by atoms with E-state index in [1.807, 2.05) is 66.8 Å². The summed E-state index contributed by atoms with van der Waals surface area (Å²) in [7, 11) is 0. The zero-order valence-electron chi connectivity index (χ0n) is 16.5. The standard InChI is InChI=1S/C20H14N4.C5H4N.Mn/c1-2-14-10-16-5-6-18(23-16)12-20-8-7-19(24-20)11-17-4-3-15(22-17)9-13(1)21-14;1-2-4-6-5-3-1;/h1-12,21,24H;1-4H;. The number of nitrogens with one attached hydrogen (secondary N) is 2. The molecule has 0 spiro atoms. The Morgan fingerprint density at radius 2 is 0.968 bits per heavy atom. The first kappa shape index (κ1) is 19.2. The van der Waals surface area contributed by atoms with Gasteiger partial charge in [-0.2, -0.15) is 0 Å². The van der Waals surface area contributed by atoms with Crippen molar-refractivity contribution in [3.05, 3.63) is 95.7 Å². The molecule has 6 heteroatoms. The molecule has 31 heavy (non-hydrogen) atoms. The second kappa shape index (κ2) is 8.56. The summed E-state index contributed by atoms with van der Waals surface area (Å²) in [6.07, 6.45) is 9.83. The van der Waals surface area contributed by atoms with Crippen LogP contribution in [0.1, 0.15) is 22.8 Å². The van der Waals surface area contributed by atoms with Crippen LogP contribution in [0.25, 0.3) is 46.4 Å². The first-order valence-electron chi connectivity index (χ1n) is 9.81. The topological polar surface area (TPSA) is 70.2 Å². The molecule has 0 radical (unpaired) electrons. The summed E-state index contributed by atoms with van der Waals surface area (Å²) < 4.78 is 0.884. The number of pyridine rings is 1. The van der Waals surface area contributed by atoms with Gasteiger partial charge in [0.15, 0.2) is 0 Å². The van der Waals surface area contributed by atoms with E-state index >= 15 is 0 Å². The number of hydrogen-bond acceptors (Lipinski definition) is 3. The number of aromatic amines is 2. The van der Waals surface area contributed by atoms with Crippen molar-refractivity contribution in [1.82, 2.24) is 24.9 Å². The summed E-state index contributed by atoms with van der Waals surface area (Å²) in [5.41, 5.74) is 7.86. The van der Waals surface area contributed by atoms with Crippen molar-refractivity contribution in [3.63, 3.8) is 0 Å². The SMILES string of the molecule is C1=Cc2cc3ccc(cc4nc(cc5ccc(cc1n2)[nH]5)C=C4)[nH]3.[Mn][c]1ccccn1. The number of aromatic nitrogens is 5. The Kier molecular flexibility index (Phi) is 5.31. The molecule has 8 bridgehead atoms. The third-order valence-corrected chi connectivity index (χ3v) is 5.02. The van der Waals surface area contributed by atoms with Gasteiger partial charge in [-0.05, 0) is 72.8 Å². The van der Waals surface area contributed by atoms with Gasteiger partial charge in [0.05, 0.1) is 22.8 Å². The molecule has 4 aromatic heterocycles. The van der Waals surface area contributed by atoms with E-state index < -0.39 is 0 Å². The minimum atomic E-state index is 0.884. The van der Waals surface area contributed by atoms with Crippen molar-refractivity contribution in [2.75, 3.05) is 0 Å². The number of H-pyrrole nitrogens is 2. The molecule has 0 atom stereocenters. The number of nitrogens with zero attached hydrogens (tertiary/aromatic N) is 3. The van der Waals surface area contributed by atoms with Crippen LogP contribution in [-0.4, -0.2) is 24.9 Å². The molecule has 6 heterocycles. The van der Waals surface area contributed by atoms with Gasteiger partial charge in [-0.3, -0.25) is 0 Å². The van der Waals surface area contributed by atoms with E-state index in [1.54, 1.807) is 6.20 Å². The van der Waals surface area contributed by atoms with E-state index in [9.17, 15) is 0 Å². The summed E-state index contributed by atoms with van der Waals surface area (Å²) >= 11 is 3.20. The van der Waals surface area contributed by atoms with Crippen LogP contribution < -0.4 is 4.59 Å². The molecule has 6 rings (SSSR count). The summed E-state index contributed by atoms with van der Waals surface area (Å²) in [5, 5.41) is 0. The van der Waals surface area contributed by atoms with Crippen LogP contribution >= 0.6 is 0 Å². The maximum absolute atomic E-state index is 4.63. The third kappa shape index (κ3) is 4.89. The zero-order valence-corrected chi connectivity index (χ0v) is 17.6. The Balaban J connectivity index is 0.000000250. The fraction of sp³-hybridized carbons (Fsp3) is 0. The fourth-order valence-electron chi connectivity index (χ4n) is 3.29. The molecule has 4 aromatic rings. The van der Waals surface area contributed by atoms with E-state index in [4.69, 9.17) is 0 Å². The molecule has 0 aromatic carbocycles. The predicted molar refractivity (Wildman–Crippen MR) is 123 cm³/mol. The van der Waals surface area contributed by atoms with Crippen LogP contribution in [0.3, 0.4) is 0 Å². The molecular formula is C25H18MnN5. The molecule has 0 saturated heterocycles. The zero-order chi connectivity index (χ0) is 21.0. The molecule has 5 nitrogen and oxygen atoms in total. The maximum atomic E-state index is 4.63. The Morgan fingerprint density at radius 3 is 1.26 bits per heavy atom. The summed E-state index contributed by atoms with van der Waals surface area (Å²) in [6, 6.07) is 22.1. The summed E-state index contributed by atoms with van der Waals surface area (Å²) in [4.78, 5) is 19.9. The second-order valence-corrected chi connectivity index (χ2v) is 7.66. The molecule has 0 aliphatic carbocycles. The molecule has 2 aliphatic heterocycles. The first-order chi connectivity index (χ1) is 15.2. The number of hydrogen-bond donors (Lipinski definition) is 2. The normalized spacial score (nSPS) is 11.8. The number of fused-ring (bicyclic) bond motifs is 8. The Bertz CT molecular complexity index is 1270. The van der Waals surface area contributed by atoms with E-state index in [1.165, 1.54) is 0 Å². The van der Waals surface area contributed by atoms with E-state index in [0.717, 1.165) is 49.4 Å². The van der Waals surface area contributed by atoms with Gasteiger partial charge in [-0.1, -0.05) is 0 Å². The van der Waals surface area contributed by atoms with Crippen molar-refractivity contribution in [2.45, 2.75) is 0 Å². The summed E-state index contributed by atoms with van der Waals surface area (Å²) in [5.74, 6) is 0. The molecule has 0 amide bonds. The average molecular weight is 443 g/mol. The van der Waals surface area contributed by atoms with Crippen molar-refractivity contribution in [2.24, 2.45) is 0 Å². The van der Waals surface area contributed by atoms with Crippen LogP contribution in [0, 0.1) is 0 Å². The Labute approximate surface area is 187 Å². The van der Waals surface area contributed by atoms with Gasteiger partial charge in [-0.15, -0.1) is 0 Å². The van der Waals surface area contributed by atoms with Gasteiger partial charge in [0.25, 0.3) is 0 Å². The Hall–Kier alpha value is -3.73. The van der Waals surface area contributed by atoms with Crippen LogP contribution in [0.4, 0.5) is 0 Å². The number of rotatable bonds is 0. The second-order valence-electron chi connectivity index (χ2n) is 7.06. The van der Waals surface area contributed by atoms with Crippen molar-refractivity contribution < 1.29 is 16.0 Å². The van der Waals surface area contributed by atoms with E-state index in [2.05, 4.69) is 65.2 Å². The molecule has 0 unspecified atom stereocenters.